The number of aryl methyl sites for hydroxylation is 1. The summed E-state index contributed by atoms with van der Waals surface area (Å²) in [5, 5.41) is 0. The summed E-state index contributed by atoms with van der Waals surface area (Å²) in [6.45, 7) is 1.97. The van der Waals surface area contributed by atoms with Crippen LogP contribution in [0.4, 0.5) is 0 Å². The fraction of sp³-hybridized carbons (Fsp3) is 0.143. The zero-order valence-corrected chi connectivity index (χ0v) is 12.5. The highest BCUT2D eigenvalue weighted by Gasteiger charge is 2.14. The molecular weight excluding hydrogens is 312 g/mol. The van der Waals surface area contributed by atoms with Crippen molar-refractivity contribution in [2.75, 3.05) is 6.26 Å². The van der Waals surface area contributed by atoms with Crippen LogP contribution in [0.15, 0.2) is 45.8 Å². The quantitative estimate of drug-likeness (QED) is 0.845. The van der Waals surface area contributed by atoms with Crippen molar-refractivity contribution in [1.82, 2.24) is 0 Å². The molecule has 18 heavy (non-hydrogen) atoms. The standard InChI is InChI=1S/C14H12BrO2S/c1-10-9-11(7-8-13(10)15)12-5-3-4-6-14(12)18(2,16)17/h3-4,6-9H,1-2H3. The molecule has 0 spiro atoms. The highest BCUT2D eigenvalue weighted by molar-refractivity contribution is 9.10. The second-order valence-electron chi connectivity index (χ2n) is 4.15. The third-order valence-electron chi connectivity index (χ3n) is 2.66. The van der Waals surface area contributed by atoms with E-state index in [2.05, 4.69) is 22.0 Å². The first-order valence-electron chi connectivity index (χ1n) is 5.37. The molecule has 4 heteroatoms. The van der Waals surface area contributed by atoms with E-state index < -0.39 is 9.84 Å². The Balaban J connectivity index is 2.68. The van der Waals surface area contributed by atoms with Crippen LogP contribution in [0.5, 0.6) is 0 Å². The summed E-state index contributed by atoms with van der Waals surface area (Å²) < 4.78 is 24.5. The molecule has 0 bridgehead atoms. The predicted octanol–water partition coefficient (Wildman–Crippen LogP) is 3.63. The molecule has 0 unspecified atom stereocenters. The van der Waals surface area contributed by atoms with Crippen LogP contribution in [0.3, 0.4) is 0 Å². The first-order chi connectivity index (χ1) is 8.39. The average Bonchev–Trinajstić information content (AvgIpc) is 2.32. The van der Waals surface area contributed by atoms with Gasteiger partial charge in [0.15, 0.2) is 9.84 Å². The maximum Gasteiger partial charge on any atom is 0.176 e. The molecule has 1 radical (unpaired) electrons. The molecule has 2 rings (SSSR count). The molecule has 2 aromatic rings. The van der Waals surface area contributed by atoms with Crippen molar-refractivity contribution in [3.8, 4) is 11.1 Å². The minimum absolute atomic E-state index is 0.312. The van der Waals surface area contributed by atoms with Crippen LogP contribution < -0.4 is 0 Å². The zero-order valence-electron chi connectivity index (χ0n) is 10.1. The van der Waals surface area contributed by atoms with Crippen LogP contribution in [0, 0.1) is 13.0 Å². The summed E-state index contributed by atoms with van der Waals surface area (Å²) in [4.78, 5) is 0.312. The lowest BCUT2D eigenvalue weighted by molar-refractivity contribution is 0.602. The third-order valence-corrected chi connectivity index (χ3v) is 4.69. The second-order valence-corrected chi connectivity index (χ2v) is 6.98. The Morgan fingerprint density at radius 3 is 2.56 bits per heavy atom. The van der Waals surface area contributed by atoms with Gasteiger partial charge in [-0.15, -0.1) is 0 Å². The summed E-state index contributed by atoms with van der Waals surface area (Å²) in [7, 11) is -3.25. The molecule has 0 amide bonds. The van der Waals surface area contributed by atoms with Gasteiger partial charge in [0.05, 0.1) is 4.90 Å². The van der Waals surface area contributed by atoms with Gasteiger partial charge >= 0.3 is 0 Å². The summed E-state index contributed by atoms with van der Waals surface area (Å²) in [6.07, 6.45) is 1.21. The van der Waals surface area contributed by atoms with Gasteiger partial charge in [0, 0.05) is 16.3 Å². The first kappa shape index (κ1) is 13.3. The van der Waals surface area contributed by atoms with Crippen LogP contribution in [0.1, 0.15) is 5.56 Å². The van der Waals surface area contributed by atoms with Crippen molar-refractivity contribution in [1.29, 1.82) is 0 Å². The molecule has 2 aromatic carbocycles. The van der Waals surface area contributed by atoms with Gasteiger partial charge in [-0.25, -0.2) is 8.42 Å². The molecule has 0 heterocycles. The Labute approximate surface area is 116 Å². The molecule has 2 nitrogen and oxygen atoms in total. The van der Waals surface area contributed by atoms with Crippen molar-refractivity contribution in [2.24, 2.45) is 0 Å². The minimum Gasteiger partial charge on any atom is -0.224 e. The Hall–Kier alpha value is -1.13. The molecule has 0 aliphatic carbocycles. The van der Waals surface area contributed by atoms with Crippen LogP contribution >= 0.6 is 15.9 Å². The number of sulfone groups is 1. The van der Waals surface area contributed by atoms with E-state index in [-0.39, 0.29) is 0 Å². The number of hydrogen-bond donors (Lipinski definition) is 0. The maximum absolute atomic E-state index is 11.7. The number of hydrogen-bond acceptors (Lipinski definition) is 2. The van der Waals surface area contributed by atoms with Gasteiger partial charge in [0.1, 0.15) is 0 Å². The summed E-state index contributed by atoms with van der Waals surface area (Å²) in [5.41, 5.74) is 2.54. The van der Waals surface area contributed by atoms with Gasteiger partial charge in [-0.3, -0.25) is 0 Å². The third kappa shape index (κ3) is 2.65. The fourth-order valence-corrected chi connectivity index (χ4v) is 2.88. The molecule has 0 aromatic heterocycles. The average molecular weight is 324 g/mol. The molecule has 0 N–H and O–H groups in total. The first-order valence-corrected chi connectivity index (χ1v) is 8.05. The lowest BCUT2D eigenvalue weighted by Crippen LogP contribution is -1.99. The Kier molecular flexibility index (Phi) is 3.59. The molecule has 0 saturated heterocycles. The van der Waals surface area contributed by atoms with Gasteiger partial charge in [-0.1, -0.05) is 40.2 Å². The van der Waals surface area contributed by atoms with Gasteiger partial charge in [-0.2, -0.15) is 0 Å². The van der Waals surface area contributed by atoms with Crippen molar-refractivity contribution < 1.29 is 8.42 Å². The Morgan fingerprint density at radius 2 is 1.94 bits per heavy atom. The predicted molar refractivity (Wildman–Crippen MR) is 76.3 cm³/mol. The van der Waals surface area contributed by atoms with Gasteiger partial charge < -0.3 is 0 Å². The van der Waals surface area contributed by atoms with Crippen molar-refractivity contribution in [3.05, 3.63) is 52.5 Å². The monoisotopic (exact) mass is 323 g/mol. The van der Waals surface area contributed by atoms with Crippen LogP contribution in [0.2, 0.25) is 0 Å². The largest absolute Gasteiger partial charge is 0.224 e. The van der Waals surface area contributed by atoms with Crippen molar-refractivity contribution in [2.45, 2.75) is 11.8 Å². The van der Waals surface area contributed by atoms with E-state index >= 15 is 0 Å². The minimum atomic E-state index is -3.25. The molecule has 0 aliphatic heterocycles. The van der Waals surface area contributed by atoms with E-state index in [0.717, 1.165) is 15.6 Å². The summed E-state index contributed by atoms with van der Waals surface area (Å²) >= 11 is 3.43. The van der Waals surface area contributed by atoms with E-state index in [1.165, 1.54) is 6.26 Å². The zero-order chi connectivity index (χ0) is 13.3. The van der Waals surface area contributed by atoms with Gasteiger partial charge in [0.25, 0.3) is 0 Å². The number of benzene rings is 2. The van der Waals surface area contributed by atoms with Crippen LogP contribution in [0.25, 0.3) is 11.1 Å². The number of rotatable bonds is 2. The highest BCUT2D eigenvalue weighted by atomic mass is 79.9. The van der Waals surface area contributed by atoms with Crippen LogP contribution in [-0.4, -0.2) is 14.7 Å². The van der Waals surface area contributed by atoms with Crippen LogP contribution in [-0.2, 0) is 9.84 Å². The lowest BCUT2D eigenvalue weighted by atomic mass is 10.0. The molecule has 0 aliphatic rings. The lowest BCUT2D eigenvalue weighted by Gasteiger charge is -2.09. The molecule has 93 valence electrons. The van der Waals surface area contributed by atoms with E-state index in [1.807, 2.05) is 25.1 Å². The smallest absolute Gasteiger partial charge is 0.176 e. The summed E-state index contributed by atoms with van der Waals surface area (Å²) in [5.74, 6) is 0. The van der Waals surface area contributed by atoms with E-state index in [1.54, 1.807) is 18.2 Å². The second kappa shape index (κ2) is 4.86. The Morgan fingerprint density at radius 1 is 1.22 bits per heavy atom. The molecule has 0 atom stereocenters. The van der Waals surface area contributed by atoms with Crippen molar-refractivity contribution in [3.63, 3.8) is 0 Å². The molecule has 0 saturated carbocycles. The van der Waals surface area contributed by atoms with Gasteiger partial charge in [-0.05, 0) is 36.2 Å². The maximum atomic E-state index is 11.7. The Bertz CT molecular complexity index is 691. The SMILES string of the molecule is Cc1cc(-c2[c]cccc2S(C)(=O)=O)ccc1Br. The fourth-order valence-electron chi connectivity index (χ4n) is 1.76. The summed E-state index contributed by atoms with van der Waals surface area (Å²) in [6, 6.07) is 13.8. The van der Waals surface area contributed by atoms with Gasteiger partial charge in [0.2, 0.25) is 0 Å². The van der Waals surface area contributed by atoms with E-state index in [9.17, 15) is 8.42 Å². The van der Waals surface area contributed by atoms with E-state index in [4.69, 9.17) is 0 Å². The molecule has 0 fully saturated rings. The molecular formula is C14H12BrO2S. The number of halogens is 1. The van der Waals surface area contributed by atoms with Crippen molar-refractivity contribution >= 4 is 25.8 Å². The highest BCUT2D eigenvalue weighted by Crippen LogP contribution is 2.29. The normalized spacial score (nSPS) is 11.5. The van der Waals surface area contributed by atoms with E-state index in [0.29, 0.717) is 10.5 Å². The topological polar surface area (TPSA) is 34.1 Å².